The summed E-state index contributed by atoms with van der Waals surface area (Å²) < 4.78 is 0. The van der Waals surface area contributed by atoms with E-state index in [9.17, 15) is 25.2 Å². The van der Waals surface area contributed by atoms with Gasteiger partial charge >= 0.3 is 0 Å². The van der Waals surface area contributed by atoms with Crippen LogP contribution in [0.5, 0.6) is 0 Å². The second-order valence-electron chi connectivity index (χ2n) is 13.8. The van der Waals surface area contributed by atoms with Crippen LogP contribution in [-0.4, -0.2) is 64.7 Å². The Morgan fingerprint density at radius 2 is 1.91 bits per heavy atom. The van der Waals surface area contributed by atoms with Gasteiger partial charge in [0.1, 0.15) is 6.29 Å². The van der Waals surface area contributed by atoms with Gasteiger partial charge < -0.3 is 25.7 Å². The summed E-state index contributed by atoms with van der Waals surface area (Å²) in [5.74, 6) is -0.628. The maximum atomic E-state index is 12.6. The minimum Gasteiger partial charge on any atom is -0.396 e. The number of aliphatic hydroxyl groups is 4. The van der Waals surface area contributed by atoms with E-state index in [1.807, 2.05) is 50.4 Å². The zero-order valence-corrected chi connectivity index (χ0v) is 28.7. The fourth-order valence-corrected chi connectivity index (χ4v) is 8.17. The number of carbonyl (C=O) groups excluding carboxylic acids is 1. The molecule has 1 spiro atoms. The summed E-state index contributed by atoms with van der Waals surface area (Å²) in [6.45, 7) is 10.8. The van der Waals surface area contributed by atoms with E-state index in [2.05, 4.69) is 44.0 Å². The van der Waals surface area contributed by atoms with Gasteiger partial charge in [0, 0.05) is 17.9 Å². The highest BCUT2D eigenvalue weighted by Crippen LogP contribution is 2.64. The van der Waals surface area contributed by atoms with Crippen molar-refractivity contribution >= 4 is 6.29 Å². The number of carbonyl (C=O) groups is 1. The Hall–Kier alpha value is -2.61. The number of benzene rings is 1. The lowest BCUT2D eigenvalue weighted by molar-refractivity contribution is -0.181. The number of nitrogens with one attached hydrogen (secondary N) is 1. The standard InChI is InChI=1S/C40H59NO5/c1-29(2)12-9-13-30(3)14-10-17-34(37(44)20-19-32-15-7-6-8-16-32)35-22-24-40(38(35)45)36(18-11-27-42)33(31(4)28-43)21-23-39(40,46)25-26-41-5/h6-8,10,12,14-17,28,35-38,41-42,44-46H,3,9,11,13,18-27H2,1-2,4-5H3. The topological polar surface area (TPSA) is 110 Å². The molecule has 5 N–H and O–H groups in total. The highest BCUT2D eigenvalue weighted by molar-refractivity contribution is 5.74. The Kier molecular flexibility index (Phi) is 14.9. The lowest BCUT2D eigenvalue weighted by atomic mass is 9.51. The first kappa shape index (κ1) is 37.8. The Morgan fingerprint density at radius 1 is 1.17 bits per heavy atom. The maximum Gasteiger partial charge on any atom is 0.145 e. The summed E-state index contributed by atoms with van der Waals surface area (Å²) in [6, 6.07) is 10.1. The first-order valence-electron chi connectivity index (χ1n) is 17.3. The summed E-state index contributed by atoms with van der Waals surface area (Å²) in [4.78, 5) is 12.1. The largest absolute Gasteiger partial charge is 0.396 e. The van der Waals surface area contributed by atoms with Crippen molar-refractivity contribution in [2.24, 2.45) is 17.3 Å². The molecule has 2 fully saturated rings. The van der Waals surface area contributed by atoms with Gasteiger partial charge in [0.2, 0.25) is 0 Å². The van der Waals surface area contributed by atoms with Crippen molar-refractivity contribution in [3.63, 3.8) is 0 Å². The van der Waals surface area contributed by atoms with Crippen LogP contribution in [0.4, 0.5) is 0 Å². The Balaban J connectivity index is 2.05. The van der Waals surface area contributed by atoms with E-state index in [4.69, 9.17) is 0 Å². The molecule has 2 saturated carbocycles. The molecule has 1 aromatic carbocycles. The second kappa shape index (κ2) is 18.1. The van der Waals surface area contributed by atoms with E-state index in [-0.39, 0.29) is 18.4 Å². The van der Waals surface area contributed by atoms with Crippen LogP contribution >= 0.6 is 0 Å². The molecule has 0 saturated heterocycles. The average molecular weight is 634 g/mol. The van der Waals surface area contributed by atoms with Gasteiger partial charge in [0.25, 0.3) is 0 Å². The van der Waals surface area contributed by atoms with Crippen LogP contribution in [0.3, 0.4) is 0 Å². The van der Waals surface area contributed by atoms with Crippen LogP contribution < -0.4 is 5.32 Å². The highest BCUT2D eigenvalue weighted by Gasteiger charge is 2.65. The zero-order valence-electron chi connectivity index (χ0n) is 28.7. The van der Waals surface area contributed by atoms with Gasteiger partial charge in [-0.3, -0.25) is 4.79 Å². The quantitative estimate of drug-likeness (QED) is 0.0575. The van der Waals surface area contributed by atoms with Gasteiger partial charge in [0.05, 0.1) is 17.8 Å². The lowest BCUT2D eigenvalue weighted by Crippen LogP contribution is -2.61. The van der Waals surface area contributed by atoms with Gasteiger partial charge in [-0.2, -0.15) is 0 Å². The Labute approximate surface area is 277 Å². The molecule has 2 aliphatic rings. The lowest BCUT2D eigenvalue weighted by Gasteiger charge is -2.57. The third-order valence-electron chi connectivity index (χ3n) is 10.6. The first-order valence-corrected chi connectivity index (χ1v) is 17.3. The van der Waals surface area contributed by atoms with Gasteiger partial charge in [-0.05, 0) is 128 Å². The van der Waals surface area contributed by atoms with Gasteiger partial charge in [-0.1, -0.05) is 77.9 Å². The molecule has 0 radical (unpaired) electrons. The van der Waals surface area contributed by atoms with E-state index in [1.54, 1.807) is 0 Å². The number of rotatable bonds is 17. The summed E-state index contributed by atoms with van der Waals surface area (Å²) in [6.07, 6.45) is 14.0. The molecule has 0 aliphatic heterocycles. The fraction of sp³-hybridized carbons (Fsp3) is 0.575. The molecule has 0 bridgehead atoms. The minimum atomic E-state index is -1.17. The third-order valence-corrected chi connectivity index (χ3v) is 10.6. The summed E-state index contributed by atoms with van der Waals surface area (Å²) >= 11 is 0. The summed E-state index contributed by atoms with van der Waals surface area (Å²) in [7, 11) is 1.86. The van der Waals surface area contributed by atoms with Crippen molar-refractivity contribution in [1.29, 1.82) is 0 Å². The molecular formula is C40H59NO5. The zero-order chi connectivity index (χ0) is 33.7. The SMILES string of the molecule is C=C(C=CC=C(C(O)CCc1ccccc1)C1CCC2(C(CCCO)C(=C(C)C=O)CCC2(O)CCNC)C1O)CCC=C(C)C. The van der Waals surface area contributed by atoms with E-state index in [1.165, 1.54) is 5.57 Å². The van der Waals surface area contributed by atoms with Crippen LogP contribution in [0.1, 0.15) is 90.5 Å². The maximum absolute atomic E-state index is 12.6. The monoisotopic (exact) mass is 633 g/mol. The molecule has 2 aliphatic carbocycles. The number of hydrogen-bond donors (Lipinski definition) is 5. The molecule has 0 aromatic heterocycles. The van der Waals surface area contributed by atoms with Gasteiger partial charge in [-0.25, -0.2) is 0 Å². The number of hydrogen-bond acceptors (Lipinski definition) is 6. The van der Waals surface area contributed by atoms with E-state index >= 15 is 0 Å². The van der Waals surface area contributed by atoms with Crippen LogP contribution in [0.25, 0.3) is 0 Å². The fourth-order valence-electron chi connectivity index (χ4n) is 8.17. The molecule has 0 amide bonds. The summed E-state index contributed by atoms with van der Waals surface area (Å²) in [5, 5.41) is 49.9. The average Bonchev–Trinajstić information content (AvgIpc) is 3.38. The molecule has 6 heteroatoms. The molecule has 1 aromatic rings. The van der Waals surface area contributed by atoms with Crippen molar-refractivity contribution in [2.45, 2.75) is 109 Å². The third kappa shape index (κ3) is 9.05. The first-order chi connectivity index (χ1) is 22.0. The molecular weight excluding hydrogens is 574 g/mol. The molecule has 6 nitrogen and oxygen atoms in total. The van der Waals surface area contributed by atoms with E-state index < -0.39 is 23.2 Å². The van der Waals surface area contributed by atoms with Crippen LogP contribution in [-0.2, 0) is 11.2 Å². The minimum absolute atomic E-state index is 0.000114. The van der Waals surface area contributed by atoms with E-state index in [0.717, 1.165) is 41.4 Å². The normalized spacial score (nSPS) is 28.4. The summed E-state index contributed by atoms with van der Waals surface area (Å²) in [5.41, 5.74) is 3.73. The Morgan fingerprint density at radius 3 is 2.57 bits per heavy atom. The van der Waals surface area contributed by atoms with Crippen molar-refractivity contribution in [2.75, 3.05) is 20.2 Å². The van der Waals surface area contributed by atoms with Crippen molar-refractivity contribution in [3.8, 4) is 0 Å². The predicted molar refractivity (Wildman–Crippen MR) is 188 cm³/mol. The van der Waals surface area contributed by atoms with Gasteiger partial charge in [0.15, 0.2) is 0 Å². The van der Waals surface area contributed by atoms with Crippen LogP contribution in [0.2, 0.25) is 0 Å². The molecule has 6 unspecified atom stereocenters. The molecule has 3 rings (SSSR count). The predicted octanol–water partition coefficient (Wildman–Crippen LogP) is 6.56. The molecule has 6 atom stereocenters. The van der Waals surface area contributed by atoms with E-state index in [0.29, 0.717) is 69.9 Å². The highest BCUT2D eigenvalue weighted by atomic mass is 16.3. The Bertz CT molecular complexity index is 1260. The van der Waals surface area contributed by atoms with Gasteiger partial charge in [-0.15, -0.1) is 0 Å². The molecule has 46 heavy (non-hydrogen) atoms. The van der Waals surface area contributed by atoms with Crippen molar-refractivity contribution < 1.29 is 25.2 Å². The second-order valence-corrected chi connectivity index (χ2v) is 13.8. The van der Waals surface area contributed by atoms with Crippen molar-refractivity contribution in [3.05, 3.63) is 94.6 Å². The van der Waals surface area contributed by atoms with Crippen LogP contribution in [0.15, 0.2) is 89.1 Å². The number of allylic oxidation sites excluding steroid dienone is 8. The molecule has 254 valence electrons. The van der Waals surface area contributed by atoms with Crippen molar-refractivity contribution in [1.82, 2.24) is 5.32 Å². The number of aliphatic hydroxyl groups excluding tert-OH is 3. The smallest absolute Gasteiger partial charge is 0.145 e. The van der Waals surface area contributed by atoms with Crippen LogP contribution in [0, 0.1) is 17.3 Å². The molecule has 0 heterocycles. The number of aldehydes is 1. The number of aryl methyl sites for hydroxylation is 1.